The van der Waals surface area contributed by atoms with E-state index in [2.05, 4.69) is 0 Å². The van der Waals surface area contributed by atoms with Gasteiger partial charge in [0.25, 0.3) is 5.56 Å². The molecule has 0 aliphatic carbocycles. The number of benzene rings is 1. The number of pyridine rings is 2. The summed E-state index contributed by atoms with van der Waals surface area (Å²) in [5.74, 6) is -0.110. The number of rotatable bonds is 6. The molecule has 0 bridgehead atoms. The number of ether oxygens (including phenoxy) is 2. The van der Waals surface area contributed by atoms with Crippen molar-refractivity contribution in [1.29, 1.82) is 0 Å². The van der Waals surface area contributed by atoms with Gasteiger partial charge in [-0.25, -0.2) is 9.78 Å². The Labute approximate surface area is 201 Å². The Kier molecular flexibility index (Phi) is 5.56. The number of aryl methyl sites for hydroxylation is 1. The van der Waals surface area contributed by atoms with Crippen molar-refractivity contribution in [3.8, 4) is 17.1 Å². The summed E-state index contributed by atoms with van der Waals surface area (Å²) in [6, 6.07) is 7.30. The normalized spacial score (nSPS) is 18.6. The zero-order chi connectivity index (χ0) is 24.9. The zero-order valence-electron chi connectivity index (χ0n) is 19.9. The molecule has 1 unspecified atom stereocenters. The molecule has 2 aromatic heterocycles. The van der Waals surface area contributed by atoms with Crippen LogP contribution in [0.15, 0.2) is 40.7 Å². The largest absolute Gasteiger partial charge is 0.489 e. The second-order valence-electron chi connectivity index (χ2n) is 8.82. The number of fused-ring (bicyclic) bond motifs is 5. The van der Waals surface area contributed by atoms with E-state index in [1.54, 1.807) is 36.6 Å². The Morgan fingerprint density at radius 3 is 2.74 bits per heavy atom. The molecule has 0 radical (unpaired) electrons. The number of nitrogens with zero attached hydrogens (tertiary/aromatic N) is 2. The summed E-state index contributed by atoms with van der Waals surface area (Å²) in [6.45, 7) is 5.89. The minimum Gasteiger partial charge on any atom is -0.489 e. The van der Waals surface area contributed by atoms with Gasteiger partial charge in [0.15, 0.2) is 5.60 Å². The van der Waals surface area contributed by atoms with Gasteiger partial charge in [0.1, 0.15) is 25.2 Å². The molecular formula is C27H26N2O6. The molecular weight excluding hydrogens is 448 g/mol. The monoisotopic (exact) mass is 474 g/mol. The number of carbonyl (C=O) groups excluding carboxylic acids is 2. The van der Waals surface area contributed by atoms with E-state index in [4.69, 9.17) is 14.5 Å². The van der Waals surface area contributed by atoms with E-state index in [0.717, 1.165) is 28.3 Å². The summed E-state index contributed by atoms with van der Waals surface area (Å²) in [7, 11) is 0. The summed E-state index contributed by atoms with van der Waals surface area (Å²) in [4.78, 5) is 41.7. The van der Waals surface area contributed by atoms with E-state index in [9.17, 15) is 19.5 Å². The highest BCUT2D eigenvalue weighted by Crippen LogP contribution is 2.40. The number of carbonyl (C=O) groups is 2. The van der Waals surface area contributed by atoms with Gasteiger partial charge < -0.3 is 19.1 Å². The van der Waals surface area contributed by atoms with Gasteiger partial charge in [-0.1, -0.05) is 19.9 Å². The second-order valence-corrected chi connectivity index (χ2v) is 8.82. The SMILES string of the molecule is C/C=C(/C=O)COc1ccc2nc3c(c(CC)c2c1)Cn1c-3cc2c(c1=O)COC(=O)C2(O)CC. The summed E-state index contributed by atoms with van der Waals surface area (Å²) in [5.41, 5.74) is 3.04. The van der Waals surface area contributed by atoms with E-state index in [1.807, 2.05) is 19.1 Å². The Hall–Kier alpha value is -3.78. The van der Waals surface area contributed by atoms with Gasteiger partial charge in [0.05, 0.1) is 29.0 Å². The first kappa shape index (κ1) is 23.0. The van der Waals surface area contributed by atoms with Gasteiger partial charge in [-0.3, -0.25) is 9.59 Å². The topological polar surface area (TPSA) is 108 Å². The number of aliphatic hydroxyl groups is 1. The van der Waals surface area contributed by atoms with Gasteiger partial charge >= 0.3 is 5.97 Å². The van der Waals surface area contributed by atoms with Crippen molar-refractivity contribution in [3.05, 3.63) is 68.5 Å². The van der Waals surface area contributed by atoms with Crippen molar-refractivity contribution in [2.75, 3.05) is 6.61 Å². The number of aldehydes is 1. The smallest absolute Gasteiger partial charge is 0.343 e. The second kappa shape index (κ2) is 8.46. The van der Waals surface area contributed by atoms with E-state index in [1.165, 1.54) is 0 Å². The molecule has 0 saturated carbocycles. The van der Waals surface area contributed by atoms with Crippen molar-refractivity contribution in [3.63, 3.8) is 0 Å². The van der Waals surface area contributed by atoms with Crippen LogP contribution in [0.5, 0.6) is 5.75 Å². The van der Waals surface area contributed by atoms with Gasteiger partial charge in [0.2, 0.25) is 0 Å². The molecule has 0 fully saturated rings. The van der Waals surface area contributed by atoms with Crippen molar-refractivity contribution >= 4 is 23.2 Å². The molecule has 4 heterocycles. The molecule has 1 atom stereocenters. The lowest BCUT2D eigenvalue weighted by Crippen LogP contribution is -2.44. The van der Waals surface area contributed by atoms with Crippen LogP contribution in [0.2, 0.25) is 0 Å². The summed E-state index contributed by atoms with van der Waals surface area (Å²) in [6.07, 6.45) is 3.30. The number of allylic oxidation sites excluding steroid dienone is 1. The maximum Gasteiger partial charge on any atom is 0.343 e. The molecule has 180 valence electrons. The molecule has 2 aliphatic heterocycles. The van der Waals surface area contributed by atoms with Crippen molar-refractivity contribution in [2.24, 2.45) is 0 Å². The molecule has 35 heavy (non-hydrogen) atoms. The number of aromatic nitrogens is 2. The van der Waals surface area contributed by atoms with Crippen LogP contribution >= 0.6 is 0 Å². The Bertz CT molecular complexity index is 1490. The minimum atomic E-state index is -1.85. The first-order valence-electron chi connectivity index (χ1n) is 11.7. The van der Waals surface area contributed by atoms with Crippen LogP contribution < -0.4 is 10.3 Å². The van der Waals surface area contributed by atoms with Crippen LogP contribution in [0.4, 0.5) is 0 Å². The highest BCUT2D eigenvalue weighted by Gasteiger charge is 2.45. The highest BCUT2D eigenvalue weighted by molar-refractivity contribution is 5.90. The van der Waals surface area contributed by atoms with Crippen LogP contribution in [0.1, 0.15) is 49.4 Å². The maximum atomic E-state index is 13.4. The Balaban J connectivity index is 1.66. The zero-order valence-corrected chi connectivity index (χ0v) is 19.9. The van der Waals surface area contributed by atoms with Crippen LogP contribution in [0, 0.1) is 0 Å². The summed E-state index contributed by atoms with van der Waals surface area (Å²) < 4.78 is 12.6. The predicted octanol–water partition coefficient (Wildman–Crippen LogP) is 3.17. The van der Waals surface area contributed by atoms with Crippen LogP contribution in [-0.4, -0.2) is 33.5 Å². The van der Waals surface area contributed by atoms with Crippen molar-refractivity contribution in [1.82, 2.24) is 9.55 Å². The Morgan fingerprint density at radius 2 is 2.06 bits per heavy atom. The van der Waals surface area contributed by atoms with Gasteiger partial charge in [-0.05, 0) is 49.6 Å². The number of hydrogen-bond donors (Lipinski definition) is 1. The molecule has 8 heteroatoms. The van der Waals surface area contributed by atoms with E-state index >= 15 is 0 Å². The van der Waals surface area contributed by atoms with Crippen LogP contribution in [0.25, 0.3) is 22.3 Å². The summed E-state index contributed by atoms with van der Waals surface area (Å²) in [5, 5.41) is 12.0. The van der Waals surface area contributed by atoms with Crippen molar-refractivity contribution in [2.45, 2.75) is 52.4 Å². The summed E-state index contributed by atoms with van der Waals surface area (Å²) >= 11 is 0. The maximum absolute atomic E-state index is 13.4. The van der Waals surface area contributed by atoms with Gasteiger partial charge in [-0.15, -0.1) is 0 Å². The van der Waals surface area contributed by atoms with E-state index in [0.29, 0.717) is 46.8 Å². The first-order valence-corrected chi connectivity index (χ1v) is 11.7. The van der Waals surface area contributed by atoms with Crippen LogP contribution in [-0.2, 0) is 39.5 Å². The lowest BCUT2D eigenvalue weighted by molar-refractivity contribution is -0.172. The molecule has 8 nitrogen and oxygen atoms in total. The molecule has 0 amide bonds. The molecule has 1 aromatic carbocycles. The first-order chi connectivity index (χ1) is 16.9. The minimum absolute atomic E-state index is 0.0990. The average Bonchev–Trinajstić information content (AvgIpc) is 3.24. The van der Waals surface area contributed by atoms with Gasteiger partial charge in [-0.2, -0.15) is 0 Å². The third-order valence-electron chi connectivity index (χ3n) is 7.06. The standard InChI is InChI=1S/C27H26N2O6/c1-4-15(12-30)13-34-16-7-8-22-18(9-16)17(5-2)19-11-29-23(24(19)28-22)10-21-20(25(29)31)14-35-26(32)27(21,33)6-3/h4,7-10,12,33H,5-6,11,13-14H2,1-3H3/b15-4-. The quantitative estimate of drug-likeness (QED) is 0.260. The molecule has 5 rings (SSSR count). The fraction of sp³-hybridized carbons (Fsp3) is 0.333. The van der Waals surface area contributed by atoms with Gasteiger partial charge in [0, 0.05) is 22.1 Å². The Morgan fingerprint density at radius 1 is 1.26 bits per heavy atom. The predicted molar refractivity (Wildman–Crippen MR) is 129 cm³/mol. The molecule has 1 N–H and O–H groups in total. The molecule has 0 spiro atoms. The average molecular weight is 475 g/mol. The molecule has 2 aliphatic rings. The third kappa shape index (κ3) is 3.39. The van der Waals surface area contributed by atoms with E-state index in [-0.39, 0.29) is 25.2 Å². The number of hydrogen-bond acceptors (Lipinski definition) is 7. The van der Waals surface area contributed by atoms with Crippen molar-refractivity contribution < 1.29 is 24.2 Å². The fourth-order valence-corrected chi connectivity index (χ4v) is 4.99. The lowest BCUT2D eigenvalue weighted by atomic mass is 9.86. The molecule has 0 saturated heterocycles. The van der Waals surface area contributed by atoms with E-state index < -0.39 is 11.6 Å². The third-order valence-corrected chi connectivity index (χ3v) is 7.06. The number of esters is 1. The highest BCUT2D eigenvalue weighted by atomic mass is 16.6. The lowest BCUT2D eigenvalue weighted by Gasteiger charge is -2.31. The molecule has 3 aromatic rings. The fourth-order valence-electron chi connectivity index (χ4n) is 4.99. The number of cyclic esters (lactones) is 1. The van der Waals surface area contributed by atoms with Crippen LogP contribution in [0.3, 0.4) is 0 Å².